The van der Waals surface area contributed by atoms with Crippen LogP contribution in [-0.2, 0) is 16.0 Å². The van der Waals surface area contributed by atoms with E-state index in [4.69, 9.17) is 9.72 Å². The van der Waals surface area contributed by atoms with Gasteiger partial charge in [-0.1, -0.05) is 19.9 Å². The number of ether oxygens (including phenoxy) is 1. The maximum atomic E-state index is 11.7. The van der Waals surface area contributed by atoms with E-state index < -0.39 is 0 Å². The zero-order valence-corrected chi connectivity index (χ0v) is 20.6. The van der Waals surface area contributed by atoms with Gasteiger partial charge in [-0.25, -0.2) is 4.98 Å². The molecule has 0 aliphatic heterocycles. The molecular formula is C28H33NO3S. The predicted molar refractivity (Wildman–Crippen MR) is 131 cm³/mol. The van der Waals surface area contributed by atoms with Gasteiger partial charge < -0.3 is 9.84 Å². The number of hydrogen-bond donors (Lipinski definition) is 1. The summed E-state index contributed by atoms with van der Waals surface area (Å²) in [5.74, 6) is 2.16. The number of nitrogens with zero attached hydrogens (tertiary/aromatic N) is 1. The number of aryl methyl sites for hydroxylation is 1. The maximum Gasteiger partial charge on any atom is 0.302 e. The second-order valence-electron chi connectivity index (χ2n) is 11.2. The number of thiazole rings is 1. The van der Waals surface area contributed by atoms with Crippen LogP contribution < -0.4 is 0 Å². The first-order valence-electron chi connectivity index (χ1n) is 12.5. The summed E-state index contributed by atoms with van der Waals surface area (Å²) < 4.78 is 5.82. The highest BCUT2D eigenvalue weighted by atomic mass is 32.1. The Balaban J connectivity index is 1.33. The smallest absolute Gasteiger partial charge is 0.302 e. The number of fused-ring (bicyclic) bond motifs is 7. The number of hydrogen-bond acceptors (Lipinski definition) is 5. The van der Waals surface area contributed by atoms with E-state index in [2.05, 4.69) is 19.9 Å². The number of allylic oxidation sites excluding steroid dienone is 2. The number of aromatic nitrogens is 1. The fourth-order valence-corrected chi connectivity index (χ4v) is 9.04. The van der Waals surface area contributed by atoms with E-state index in [1.807, 2.05) is 23.5 Å². The van der Waals surface area contributed by atoms with Crippen molar-refractivity contribution in [3.8, 4) is 16.3 Å². The van der Waals surface area contributed by atoms with Crippen LogP contribution in [0.25, 0.3) is 16.1 Å². The van der Waals surface area contributed by atoms with Gasteiger partial charge in [0.25, 0.3) is 0 Å². The van der Waals surface area contributed by atoms with Gasteiger partial charge in [-0.05, 0) is 98.0 Å². The Morgan fingerprint density at radius 1 is 1.12 bits per heavy atom. The van der Waals surface area contributed by atoms with Crippen molar-refractivity contribution < 1.29 is 14.6 Å². The molecule has 0 radical (unpaired) electrons. The van der Waals surface area contributed by atoms with Crippen molar-refractivity contribution in [1.29, 1.82) is 0 Å². The van der Waals surface area contributed by atoms with Crippen LogP contribution >= 0.6 is 11.3 Å². The number of esters is 1. The largest absolute Gasteiger partial charge is 0.508 e. The molecule has 6 rings (SSSR count). The SMILES string of the molecule is CC(=O)O[C@H]1CC[C@H]2[C@@H]3CC=C4c5nc(-c6ccc(O)cc6)sc5CC[C@]4(C)[C@H]3CC[C@]12C. The molecule has 6 atom stereocenters. The maximum absolute atomic E-state index is 11.7. The van der Waals surface area contributed by atoms with Crippen molar-refractivity contribution in [1.82, 2.24) is 4.98 Å². The molecule has 0 saturated heterocycles. The molecule has 174 valence electrons. The fourth-order valence-electron chi connectivity index (χ4n) is 7.96. The van der Waals surface area contributed by atoms with Gasteiger partial charge in [0.1, 0.15) is 16.9 Å². The molecule has 0 unspecified atom stereocenters. The van der Waals surface area contributed by atoms with E-state index in [9.17, 15) is 9.90 Å². The van der Waals surface area contributed by atoms with Crippen molar-refractivity contribution in [2.24, 2.45) is 28.6 Å². The Hall–Kier alpha value is -2.14. The summed E-state index contributed by atoms with van der Waals surface area (Å²) in [6, 6.07) is 7.42. The molecule has 1 aromatic heterocycles. The van der Waals surface area contributed by atoms with Crippen LogP contribution in [0.2, 0.25) is 0 Å². The van der Waals surface area contributed by atoms with E-state index in [0.29, 0.717) is 23.5 Å². The van der Waals surface area contributed by atoms with Gasteiger partial charge in [0, 0.05) is 22.8 Å². The van der Waals surface area contributed by atoms with Gasteiger partial charge in [-0.2, -0.15) is 0 Å². The third kappa shape index (κ3) is 3.14. The Kier molecular flexibility index (Phi) is 4.82. The average Bonchev–Trinajstić information content (AvgIpc) is 3.35. The lowest BCUT2D eigenvalue weighted by molar-refractivity contribution is -0.156. The monoisotopic (exact) mass is 463 g/mol. The molecule has 1 aromatic carbocycles. The summed E-state index contributed by atoms with van der Waals surface area (Å²) in [7, 11) is 0. The van der Waals surface area contributed by atoms with Crippen molar-refractivity contribution >= 4 is 22.9 Å². The first-order valence-corrected chi connectivity index (χ1v) is 13.3. The summed E-state index contributed by atoms with van der Waals surface area (Å²) in [4.78, 5) is 18.3. The van der Waals surface area contributed by atoms with Crippen LogP contribution in [0.15, 0.2) is 30.3 Å². The van der Waals surface area contributed by atoms with Crippen molar-refractivity contribution in [2.75, 3.05) is 0 Å². The minimum absolute atomic E-state index is 0.0866. The summed E-state index contributed by atoms with van der Waals surface area (Å²) in [6.07, 6.45) is 10.6. The molecule has 4 aliphatic rings. The fraction of sp³-hybridized carbons (Fsp3) is 0.571. The standard InChI is InChI=1S/C28H33NO3S/c1-16(30)32-24-11-10-20-19-8-9-22-25-23(33-26(29-25)17-4-6-18(31)7-5-17)13-15-27(22,2)21(19)12-14-28(20,24)3/h4-7,9,19-21,24,31H,8,10-15H2,1-3H3/t19-,20-,21-,24-,27+,28-/m0/s1. The lowest BCUT2D eigenvalue weighted by Gasteiger charge is -2.56. The molecule has 2 aromatic rings. The van der Waals surface area contributed by atoms with Gasteiger partial charge in [0.2, 0.25) is 0 Å². The van der Waals surface area contributed by atoms with Crippen LogP contribution in [0.3, 0.4) is 0 Å². The van der Waals surface area contributed by atoms with Crippen LogP contribution in [-0.4, -0.2) is 22.2 Å². The molecule has 0 bridgehead atoms. The lowest BCUT2D eigenvalue weighted by atomic mass is 9.48. The molecule has 2 saturated carbocycles. The minimum Gasteiger partial charge on any atom is -0.508 e. The predicted octanol–water partition coefficient (Wildman–Crippen LogP) is 6.63. The minimum atomic E-state index is -0.130. The van der Waals surface area contributed by atoms with Crippen LogP contribution in [0.4, 0.5) is 0 Å². The average molecular weight is 464 g/mol. The van der Waals surface area contributed by atoms with E-state index in [-0.39, 0.29) is 22.9 Å². The normalized spacial score (nSPS) is 36.8. The highest BCUT2D eigenvalue weighted by molar-refractivity contribution is 7.15. The number of aromatic hydroxyl groups is 1. The molecule has 4 nitrogen and oxygen atoms in total. The third-order valence-corrected chi connectivity index (χ3v) is 10.8. The van der Waals surface area contributed by atoms with Gasteiger partial charge in [-0.3, -0.25) is 4.79 Å². The number of phenols is 1. The highest BCUT2D eigenvalue weighted by Gasteiger charge is 2.59. The molecule has 33 heavy (non-hydrogen) atoms. The van der Waals surface area contributed by atoms with Crippen LogP contribution in [0.1, 0.15) is 69.9 Å². The van der Waals surface area contributed by atoms with Crippen molar-refractivity contribution in [2.45, 2.75) is 71.8 Å². The number of benzene rings is 1. The van der Waals surface area contributed by atoms with E-state index in [1.165, 1.54) is 35.4 Å². The number of phenolic OH excluding ortho intramolecular Hbond substituents is 1. The Labute approximate surface area is 200 Å². The molecular weight excluding hydrogens is 430 g/mol. The van der Waals surface area contributed by atoms with Crippen molar-refractivity contribution in [3.05, 3.63) is 40.9 Å². The second kappa shape index (κ2) is 7.43. The number of carbonyl (C=O) groups excluding carboxylic acids is 1. The Bertz CT molecular complexity index is 1130. The molecule has 1 N–H and O–H groups in total. The Morgan fingerprint density at radius 2 is 1.91 bits per heavy atom. The first-order chi connectivity index (χ1) is 15.8. The van der Waals surface area contributed by atoms with E-state index in [1.54, 1.807) is 19.1 Å². The quantitative estimate of drug-likeness (QED) is 0.508. The number of carbonyl (C=O) groups is 1. The summed E-state index contributed by atoms with van der Waals surface area (Å²) in [6.45, 7) is 6.44. The summed E-state index contributed by atoms with van der Waals surface area (Å²) in [5, 5.41) is 10.7. The Morgan fingerprint density at radius 3 is 2.67 bits per heavy atom. The van der Waals surface area contributed by atoms with Crippen LogP contribution in [0.5, 0.6) is 5.75 Å². The molecule has 1 heterocycles. The van der Waals surface area contributed by atoms with Crippen molar-refractivity contribution in [3.63, 3.8) is 0 Å². The van der Waals surface area contributed by atoms with Gasteiger partial charge >= 0.3 is 5.97 Å². The number of rotatable bonds is 2. The molecule has 0 spiro atoms. The van der Waals surface area contributed by atoms with E-state index >= 15 is 0 Å². The second-order valence-corrected chi connectivity index (χ2v) is 12.3. The third-order valence-electron chi connectivity index (χ3n) is 9.62. The van der Waals surface area contributed by atoms with Crippen LogP contribution in [0, 0.1) is 28.6 Å². The van der Waals surface area contributed by atoms with Gasteiger partial charge in [-0.15, -0.1) is 11.3 Å². The highest BCUT2D eigenvalue weighted by Crippen LogP contribution is 2.66. The summed E-state index contributed by atoms with van der Waals surface area (Å²) in [5.41, 5.74) is 4.09. The zero-order valence-electron chi connectivity index (χ0n) is 19.8. The summed E-state index contributed by atoms with van der Waals surface area (Å²) >= 11 is 1.82. The first kappa shape index (κ1) is 21.4. The molecule has 4 aliphatic carbocycles. The van der Waals surface area contributed by atoms with Gasteiger partial charge in [0.05, 0.1) is 5.69 Å². The molecule has 2 fully saturated rings. The topological polar surface area (TPSA) is 59.4 Å². The lowest BCUT2D eigenvalue weighted by Crippen LogP contribution is -2.50. The van der Waals surface area contributed by atoms with Gasteiger partial charge in [0.15, 0.2) is 0 Å². The zero-order chi connectivity index (χ0) is 23.0. The van der Waals surface area contributed by atoms with E-state index in [0.717, 1.165) is 36.3 Å². The molecule has 5 heteroatoms. The molecule has 0 amide bonds.